The van der Waals surface area contributed by atoms with Gasteiger partial charge >= 0.3 is 0 Å². The van der Waals surface area contributed by atoms with Gasteiger partial charge in [-0.15, -0.1) is 0 Å². The van der Waals surface area contributed by atoms with Gasteiger partial charge in [-0.2, -0.15) is 0 Å². The number of hydrogen-bond acceptors (Lipinski definition) is 1. The summed E-state index contributed by atoms with van der Waals surface area (Å²) >= 11 is 0. The lowest BCUT2D eigenvalue weighted by atomic mass is 9.67. The molecule has 2 fully saturated rings. The molecular weight excluding hydrogens is 218 g/mol. The van der Waals surface area contributed by atoms with Crippen molar-refractivity contribution in [3.05, 3.63) is 0 Å². The van der Waals surface area contributed by atoms with E-state index in [4.69, 9.17) is 0 Å². The van der Waals surface area contributed by atoms with Crippen molar-refractivity contribution >= 4 is 0 Å². The first kappa shape index (κ1) is 16.0. The molecule has 1 saturated carbocycles. The Morgan fingerprint density at radius 1 is 1.06 bits per heavy atom. The molecule has 2 rings (SSSR count). The second-order valence-corrected chi connectivity index (χ2v) is 7.60. The molecule has 0 bridgehead atoms. The van der Waals surface area contributed by atoms with Crippen molar-refractivity contribution in [2.75, 3.05) is 13.1 Å². The van der Waals surface area contributed by atoms with Gasteiger partial charge in [0, 0.05) is 6.54 Å². The smallest absolute Gasteiger partial charge is 0.000252 e. The molecule has 1 nitrogen and oxygen atoms in total. The maximum Gasteiger partial charge on any atom is 0.000252 e. The van der Waals surface area contributed by atoms with Gasteiger partial charge in [-0.05, 0) is 42.6 Å². The van der Waals surface area contributed by atoms with Crippen LogP contribution in [0.25, 0.3) is 0 Å². The second-order valence-electron chi connectivity index (χ2n) is 7.60. The summed E-state index contributed by atoms with van der Waals surface area (Å²) in [6, 6.07) is 0. The van der Waals surface area contributed by atoms with E-state index in [1.807, 2.05) is 0 Å². The van der Waals surface area contributed by atoms with Crippen LogP contribution in [0.4, 0.5) is 0 Å². The quantitative estimate of drug-likeness (QED) is 0.693. The minimum Gasteiger partial charge on any atom is -0.316 e. The minimum atomic E-state index is 0.568. The van der Waals surface area contributed by atoms with Gasteiger partial charge in [0.05, 0.1) is 0 Å². The maximum atomic E-state index is 3.38. The lowest BCUT2D eigenvalue weighted by molar-refractivity contribution is 0.125. The minimum absolute atomic E-state index is 0.568. The summed E-state index contributed by atoms with van der Waals surface area (Å²) in [4.78, 5) is 0. The molecule has 1 saturated heterocycles. The van der Waals surface area contributed by atoms with Crippen LogP contribution in [0.1, 0.15) is 79.6 Å². The van der Waals surface area contributed by atoms with E-state index in [0.717, 1.165) is 5.92 Å². The predicted molar refractivity (Wildman–Crippen MR) is 81.9 cm³/mol. The Balaban J connectivity index is 0.000000184. The molecule has 1 N–H and O–H groups in total. The largest absolute Gasteiger partial charge is 0.316 e. The first-order chi connectivity index (χ1) is 8.40. The number of rotatable bonds is 1. The second kappa shape index (κ2) is 6.93. The number of hydrogen-bond donors (Lipinski definition) is 1. The van der Waals surface area contributed by atoms with Crippen LogP contribution in [0.15, 0.2) is 0 Å². The highest BCUT2D eigenvalue weighted by Crippen LogP contribution is 2.42. The highest BCUT2D eigenvalue weighted by Gasteiger charge is 2.31. The molecule has 2 unspecified atom stereocenters. The standard InChI is InChI=1S/C10H20.C7H15N/c1-4-10(3)8-6-5-7-9(10)2;1-7(2)4-3-5-8-6-7/h9H,4-8H2,1-3H3;8H,3-6H2,1-2H3. The van der Waals surface area contributed by atoms with Crippen LogP contribution in [0.3, 0.4) is 0 Å². The molecule has 0 radical (unpaired) electrons. The van der Waals surface area contributed by atoms with Crippen LogP contribution in [-0.4, -0.2) is 13.1 Å². The van der Waals surface area contributed by atoms with Gasteiger partial charge in [0.25, 0.3) is 0 Å². The molecule has 108 valence electrons. The van der Waals surface area contributed by atoms with Crippen LogP contribution < -0.4 is 5.32 Å². The molecule has 0 aromatic carbocycles. The van der Waals surface area contributed by atoms with E-state index < -0.39 is 0 Å². The van der Waals surface area contributed by atoms with E-state index in [1.54, 1.807) is 0 Å². The molecule has 18 heavy (non-hydrogen) atoms. The Morgan fingerprint density at radius 2 is 1.78 bits per heavy atom. The van der Waals surface area contributed by atoms with Crippen molar-refractivity contribution < 1.29 is 0 Å². The van der Waals surface area contributed by atoms with Crippen LogP contribution in [-0.2, 0) is 0 Å². The fourth-order valence-corrected chi connectivity index (χ4v) is 3.31. The topological polar surface area (TPSA) is 12.0 Å². The van der Waals surface area contributed by atoms with E-state index in [1.165, 1.54) is 58.0 Å². The highest BCUT2D eigenvalue weighted by atomic mass is 14.9. The summed E-state index contributed by atoms with van der Waals surface area (Å²) < 4.78 is 0. The fraction of sp³-hybridized carbons (Fsp3) is 1.00. The Bertz CT molecular complexity index is 226. The third-order valence-corrected chi connectivity index (χ3v) is 5.44. The number of piperidine rings is 1. The van der Waals surface area contributed by atoms with Crippen molar-refractivity contribution in [1.29, 1.82) is 0 Å². The zero-order chi connectivity index (χ0) is 13.6. The highest BCUT2D eigenvalue weighted by molar-refractivity contribution is 4.82. The normalized spacial score (nSPS) is 35.5. The predicted octanol–water partition coefficient (Wildman–Crippen LogP) is 5.01. The third kappa shape index (κ3) is 4.91. The van der Waals surface area contributed by atoms with E-state index in [-0.39, 0.29) is 0 Å². The van der Waals surface area contributed by atoms with Crippen LogP contribution in [0.2, 0.25) is 0 Å². The molecule has 1 heteroatoms. The molecule has 2 aliphatic rings. The summed E-state index contributed by atoms with van der Waals surface area (Å²) in [6.07, 6.45) is 9.97. The van der Waals surface area contributed by atoms with Gasteiger partial charge in [-0.1, -0.05) is 60.3 Å². The van der Waals surface area contributed by atoms with E-state index in [9.17, 15) is 0 Å². The molecular formula is C17H35N. The third-order valence-electron chi connectivity index (χ3n) is 5.44. The van der Waals surface area contributed by atoms with Crippen LogP contribution in [0.5, 0.6) is 0 Å². The lowest BCUT2D eigenvalue weighted by Crippen LogP contribution is -2.35. The molecule has 1 aliphatic heterocycles. The lowest BCUT2D eigenvalue weighted by Gasteiger charge is -2.39. The summed E-state index contributed by atoms with van der Waals surface area (Å²) in [5.41, 5.74) is 1.25. The van der Waals surface area contributed by atoms with Crippen molar-refractivity contribution in [3.63, 3.8) is 0 Å². The zero-order valence-electron chi connectivity index (χ0n) is 13.4. The van der Waals surface area contributed by atoms with E-state index >= 15 is 0 Å². The summed E-state index contributed by atoms with van der Waals surface area (Å²) in [5, 5.41) is 3.38. The van der Waals surface area contributed by atoms with Gasteiger partial charge < -0.3 is 5.32 Å². The molecule has 1 aliphatic carbocycles. The van der Waals surface area contributed by atoms with Gasteiger partial charge in [-0.25, -0.2) is 0 Å². The molecule has 0 aromatic rings. The van der Waals surface area contributed by atoms with E-state index in [0.29, 0.717) is 10.8 Å². The molecule has 2 atom stereocenters. The zero-order valence-corrected chi connectivity index (χ0v) is 13.4. The Hall–Kier alpha value is -0.0400. The Labute approximate surface area is 115 Å². The van der Waals surface area contributed by atoms with Gasteiger partial charge in [0.1, 0.15) is 0 Å². The molecule has 0 amide bonds. The summed E-state index contributed by atoms with van der Waals surface area (Å²) in [5.74, 6) is 0.964. The average molecular weight is 253 g/mol. The first-order valence-corrected chi connectivity index (χ1v) is 8.10. The van der Waals surface area contributed by atoms with Crippen molar-refractivity contribution in [3.8, 4) is 0 Å². The van der Waals surface area contributed by atoms with Crippen molar-refractivity contribution in [2.45, 2.75) is 79.6 Å². The van der Waals surface area contributed by atoms with Gasteiger partial charge in [0.15, 0.2) is 0 Å². The monoisotopic (exact) mass is 253 g/mol. The molecule has 0 aromatic heterocycles. The average Bonchev–Trinajstić information content (AvgIpc) is 2.34. The molecule has 0 spiro atoms. The summed E-state index contributed by atoms with van der Waals surface area (Å²) in [6.45, 7) is 14.3. The fourth-order valence-electron chi connectivity index (χ4n) is 3.31. The Morgan fingerprint density at radius 3 is 2.11 bits per heavy atom. The van der Waals surface area contributed by atoms with Crippen LogP contribution >= 0.6 is 0 Å². The van der Waals surface area contributed by atoms with Crippen LogP contribution in [0, 0.1) is 16.7 Å². The first-order valence-electron chi connectivity index (χ1n) is 8.10. The van der Waals surface area contributed by atoms with Gasteiger partial charge in [0.2, 0.25) is 0 Å². The Kier molecular flexibility index (Phi) is 6.17. The van der Waals surface area contributed by atoms with Crippen molar-refractivity contribution in [1.82, 2.24) is 5.32 Å². The number of nitrogens with one attached hydrogen (secondary N) is 1. The SMILES string of the molecule is CC1(C)CCCNC1.CCC1(C)CCCCC1C. The van der Waals surface area contributed by atoms with Crippen molar-refractivity contribution in [2.24, 2.45) is 16.7 Å². The van der Waals surface area contributed by atoms with E-state index in [2.05, 4.69) is 39.9 Å². The summed E-state index contributed by atoms with van der Waals surface area (Å²) in [7, 11) is 0. The molecule has 1 heterocycles. The maximum absolute atomic E-state index is 3.38. The van der Waals surface area contributed by atoms with Gasteiger partial charge in [-0.3, -0.25) is 0 Å².